The summed E-state index contributed by atoms with van der Waals surface area (Å²) in [6.07, 6.45) is 1.75. The Kier molecular flexibility index (Phi) is 4.80. The lowest BCUT2D eigenvalue weighted by molar-refractivity contribution is -0.113. The molecule has 28 heavy (non-hydrogen) atoms. The smallest absolute Gasteiger partial charge is 0.266 e. The maximum atomic E-state index is 13.4. The summed E-state index contributed by atoms with van der Waals surface area (Å²) >= 11 is 5.99. The molecule has 138 valence electrons. The molecule has 3 nitrogen and oxygen atoms in total. The fraction of sp³-hybridized carbons (Fsp3) is 0.0435. The van der Waals surface area contributed by atoms with Crippen LogP contribution in [0.1, 0.15) is 16.7 Å². The number of aliphatic imine (C=N–C) groups is 1. The zero-order valence-corrected chi connectivity index (χ0v) is 15.8. The number of benzene rings is 3. The van der Waals surface area contributed by atoms with Crippen LogP contribution in [0.4, 0.5) is 10.1 Å². The molecular weight excluding hydrogens is 375 g/mol. The van der Waals surface area contributed by atoms with Gasteiger partial charge in [0.05, 0.1) is 5.69 Å². The molecule has 1 heterocycles. The first-order valence-corrected chi connectivity index (χ1v) is 9.12. The molecule has 1 aliphatic rings. The largest absolute Gasteiger partial charge is 0.282 e. The van der Waals surface area contributed by atoms with Crippen LogP contribution >= 0.6 is 11.6 Å². The lowest BCUT2D eigenvalue weighted by atomic mass is 10.1. The molecule has 1 aliphatic heterocycles. The van der Waals surface area contributed by atoms with Crippen LogP contribution in [0.2, 0.25) is 5.02 Å². The van der Waals surface area contributed by atoms with Crippen LogP contribution in [0, 0.1) is 12.7 Å². The SMILES string of the molecule is Cc1ccc(/C=C2/N=C(c3ccc(Cl)cc3)N(c3ccc(F)cc3)C2=O)cc1. The number of carbonyl (C=O) groups excluding carboxylic acids is 1. The minimum Gasteiger partial charge on any atom is -0.266 e. The number of anilines is 1. The van der Waals surface area contributed by atoms with E-state index in [2.05, 4.69) is 4.99 Å². The van der Waals surface area contributed by atoms with Gasteiger partial charge in [-0.2, -0.15) is 0 Å². The second-order valence-electron chi connectivity index (χ2n) is 6.50. The van der Waals surface area contributed by atoms with E-state index in [0.717, 1.165) is 16.7 Å². The van der Waals surface area contributed by atoms with E-state index in [-0.39, 0.29) is 11.7 Å². The number of amides is 1. The Hall–Kier alpha value is -3.24. The molecule has 0 aliphatic carbocycles. The highest BCUT2D eigenvalue weighted by Crippen LogP contribution is 2.28. The van der Waals surface area contributed by atoms with Crippen molar-refractivity contribution in [3.63, 3.8) is 0 Å². The Morgan fingerprint density at radius 1 is 0.929 bits per heavy atom. The fourth-order valence-corrected chi connectivity index (χ4v) is 3.09. The molecule has 0 atom stereocenters. The fourth-order valence-electron chi connectivity index (χ4n) is 2.96. The van der Waals surface area contributed by atoms with E-state index >= 15 is 0 Å². The highest BCUT2D eigenvalue weighted by molar-refractivity contribution is 6.34. The topological polar surface area (TPSA) is 32.7 Å². The van der Waals surface area contributed by atoms with Crippen LogP contribution in [0.15, 0.2) is 83.5 Å². The average molecular weight is 391 g/mol. The number of nitrogens with zero attached hydrogens (tertiary/aromatic N) is 2. The van der Waals surface area contributed by atoms with Gasteiger partial charge >= 0.3 is 0 Å². The van der Waals surface area contributed by atoms with Crippen molar-refractivity contribution in [1.82, 2.24) is 0 Å². The van der Waals surface area contributed by atoms with E-state index in [0.29, 0.717) is 22.2 Å². The van der Waals surface area contributed by atoms with Crippen LogP contribution in [0.5, 0.6) is 0 Å². The van der Waals surface area contributed by atoms with Gasteiger partial charge in [-0.05, 0) is 67.1 Å². The number of aryl methyl sites for hydroxylation is 1. The van der Waals surface area contributed by atoms with Gasteiger partial charge in [0.15, 0.2) is 0 Å². The normalized spacial score (nSPS) is 15.2. The molecule has 0 fully saturated rings. The Balaban J connectivity index is 1.81. The predicted octanol–water partition coefficient (Wildman–Crippen LogP) is 5.62. The van der Waals surface area contributed by atoms with Crippen LogP contribution in [0.3, 0.4) is 0 Å². The van der Waals surface area contributed by atoms with E-state index in [1.807, 2.05) is 31.2 Å². The van der Waals surface area contributed by atoms with Crippen molar-refractivity contribution in [3.05, 3.63) is 106 Å². The molecule has 0 N–H and O–H groups in total. The molecule has 0 spiro atoms. The third kappa shape index (κ3) is 3.59. The summed E-state index contributed by atoms with van der Waals surface area (Å²) < 4.78 is 13.4. The first kappa shape index (κ1) is 18.1. The number of halogens is 2. The van der Waals surface area contributed by atoms with E-state index < -0.39 is 0 Å². The Morgan fingerprint density at radius 2 is 1.57 bits per heavy atom. The quantitative estimate of drug-likeness (QED) is 0.534. The van der Waals surface area contributed by atoms with Crippen molar-refractivity contribution in [2.24, 2.45) is 4.99 Å². The zero-order valence-electron chi connectivity index (χ0n) is 15.1. The van der Waals surface area contributed by atoms with Crippen LogP contribution < -0.4 is 4.90 Å². The Labute approximate surface area is 167 Å². The molecular formula is C23H16ClFN2O. The average Bonchev–Trinajstić information content (AvgIpc) is 3.01. The van der Waals surface area contributed by atoms with E-state index in [9.17, 15) is 9.18 Å². The second kappa shape index (κ2) is 7.41. The molecule has 3 aromatic carbocycles. The molecule has 0 saturated heterocycles. The molecule has 1 amide bonds. The number of hydrogen-bond donors (Lipinski definition) is 0. The van der Waals surface area contributed by atoms with Crippen molar-refractivity contribution < 1.29 is 9.18 Å². The number of carbonyl (C=O) groups is 1. The standard InChI is InChI=1S/C23H16ClFN2O/c1-15-2-4-16(5-3-15)14-21-23(28)27(20-12-10-19(25)11-13-20)22(26-21)17-6-8-18(24)9-7-17/h2-14H,1H3/b21-14+. The number of amidine groups is 1. The summed E-state index contributed by atoms with van der Waals surface area (Å²) in [6, 6.07) is 20.7. The first-order chi connectivity index (χ1) is 13.5. The second-order valence-corrected chi connectivity index (χ2v) is 6.94. The predicted molar refractivity (Wildman–Crippen MR) is 111 cm³/mol. The maximum absolute atomic E-state index is 13.4. The third-order valence-electron chi connectivity index (χ3n) is 4.43. The highest BCUT2D eigenvalue weighted by atomic mass is 35.5. The summed E-state index contributed by atoms with van der Waals surface area (Å²) in [4.78, 5) is 19.2. The Bertz CT molecular complexity index is 1080. The van der Waals surface area contributed by atoms with Crippen molar-refractivity contribution in [3.8, 4) is 0 Å². The van der Waals surface area contributed by atoms with Crippen LogP contribution in [-0.2, 0) is 4.79 Å². The van der Waals surface area contributed by atoms with Crippen molar-refractivity contribution in [1.29, 1.82) is 0 Å². The van der Waals surface area contributed by atoms with Gasteiger partial charge in [0.1, 0.15) is 17.3 Å². The number of hydrogen-bond acceptors (Lipinski definition) is 2. The lowest BCUT2D eigenvalue weighted by Crippen LogP contribution is -2.32. The monoisotopic (exact) mass is 390 g/mol. The summed E-state index contributed by atoms with van der Waals surface area (Å²) in [5.41, 5.74) is 3.63. The third-order valence-corrected chi connectivity index (χ3v) is 4.68. The van der Waals surface area contributed by atoms with Gasteiger partial charge in [-0.15, -0.1) is 0 Å². The molecule has 4 rings (SSSR count). The van der Waals surface area contributed by atoms with Crippen LogP contribution in [-0.4, -0.2) is 11.7 Å². The molecule has 0 aromatic heterocycles. The minimum absolute atomic E-state index is 0.267. The summed E-state index contributed by atoms with van der Waals surface area (Å²) in [5, 5.41) is 0.595. The summed E-state index contributed by atoms with van der Waals surface area (Å²) in [6.45, 7) is 2.00. The first-order valence-electron chi connectivity index (χ1n) is 8.74. The van der Waals surface area contributed by atoms with Gasteiger partial charge < -0.3 is 0 Å². The highest BCUT2D eigenvalue weighted by Gasteiger charge is 2.32. The minimum atomic E-state index is -0.365. The molecule has 0 saturated carbocycles. The van der Waals surface area contributed by atoms with E-state index in [1.165, 1.54) is 17.0 Å². The van der Waals surface area contributed by atoms with Crippen molar-refractivity contribution >= 4 is 35.1 Å². The molecule has 0 unspecified atom stereocenters. The molecule has 0 bridgehead atoms. The van der Waals surface area contributed by atoms with Gasteiger partial charge in [-0.1, -0.05) is 41.4 Å². The summed E-state index contributed by atoms with van der Waals surface area (Å²) in [7, 11) is 0. The molecule has 0 radical (unpaired) electrons. The summed E-state index contributed by atoms with van der Waals surface area (Å²) in [5.74, 6) is -0.153. The molecule has 3 aromatic rings. The van der Waals surface area contributed by atoms with E-state index in [1.54, 1.807) is 42.5 Å². The zero-order chi connectivity index (χ0) is 19.7. The van der Waals surface area contributed by atoms with Gasteiger partial charge in [-0.25, -0.2) is 9.38 Å². The van der Waals surface area contributed by atoms with Gasteiger partial charge in [0, 0.05) is 10.6 Å². The van der Waals surface area contributed by atoms with Gasteiger partial charge in [0.2, 0.25) is 0 Å². The number of rotatable bonds is 3. The lowest BCUT2D eigenvalue weighted by Gasteiger charge is -2.18. The van der Waals surface area contributed by atoms with Gasteiger partial charge in [0.25, 0.3) is 5.91 Å². The molecule has 5 heteroatoms. The Morgan fingerprint density at radius 3 is 2.21 bits per heavy atom. The van der Waals surface area contributed by atoms with Gasteiger partial charge in [-0.3, -0.25) is 9.69 Å². The van der Waals surface area contributed by atoms with E-state index in [4.69, 9.17) is 11.6 Å². The van der Waals surface area contributed by atoms with Crippen LogP contribution in [0.25, 0.3) is 6.08 Å². The van der Waals surface area contributed by atoms with Crippen molar-refractivity contribution in [2.75, 3.05) is 4.90 Å². The maximum Gasteiger partial charge on any atom is 0.282 e. The van der Waals surface area contributed by atoms with Crippen molar-refractivity contribution in [2.45, 2.75) is 6.92 Å².